The molecule has 1 atom stereocenters. The summed E-state index contributed by atoms with van der Waals surface area (Å²) in [6, 6.07) is 5.75. The lowest BCUT2D eigenvalue weighted by atomic mass is 10.1. The topological polar surface area (TPSA) is 29.3 Å². The van der Waals surface area contributed by atoms with Crippen molar-refractivity contribution in [3.05, 3.63) is 35.1 Å². The van der Waals surface area contributed by atoms with Crippen LogP contribution in [-0.2, 0) is 6.54 Å². The first-order chi connectivity index (χ1) is 9.20. The lowest BCUT2D eigenvalue weighted by Gasteiger charge is -2.23. The van der Waals surface area contributed by atoms with E-state index in [0.717, 1.165) is 11.3 Å². The van der Waals surface area contributed by atoms with Crippen molar-refractivity contribution >= 4 is 11.8 Å². The second kappa shape index (κ2) is 6.95. The fourth-order valence-corrected chi connectivity index (χ4v) is 3.47. The molecule has 1 aliphatic rings. The number of hydrogen-bond acceptors (Lipinski definition) is 3. The summed E-state index contributed by atoms with van der Waals surface area (Å²) in [6.07, 6.45) is 1.20. The lowest BCUT2D eigenvalue weighted by Crippen LogP contribution is -2.31. The number of thioether (sulfide) groups is 1. The average Bonchev–Trinajstić information content (AvgIpc) is 2.93. The molecule has 1 aliphatic heterocycles. The molecule has 0 spiro atoms. The van der Waals surface area contributed by atoms with Gasteiger partial charge in [-0.25, -0.2) is 4.39 Å². The van der Waals surface area contributed by atoms with Crippen molar-refractivity contribution in [3.63, 3.8) is 0 Å². The zero-order valence-corrected chi connectivity index (χ0v) is 12.0. The Labute approximate surface area is 118 Å². The number of halogens is 1. The Morgan fingerprint density at radius 3 is 3.00 bits per heavy atom. The summed E-state index contributed by atoms with van der Waals surface area (Å²) >= 11 is 1.97. The van der Waals surface area contributed by atoms with Crippen LogP contribution in [0.4, 0.5) is 4.39 Å². The van der Waals surface area contributed by atoms with Crippen LogP contribution in [-0.4, -0.2) is 36.0 Å². The number of hydrogen-bond donors (Lipinski definition) is 1. The van der Waals surface area contributed by atoms with Crippen molar-refractivity contribution in [2.75, 3.05) is 25.1 Å². The highest BCUT2D eigenvalue weighted by Crippen LogP contribution is 2.23. The summed E-state index contributed by atoms with van der Waals surface area (Å²) in [5.41, 5.74) is 6.72. The largest absolute Gasteiger partial charge is 0.320 e. The molecular weight excluding hydrogens is 259 g/mol. The zero-order chi connectivity index (χ0) is 13.7. The van der Waals surface area contributed by atoms with E-state index in [1.165, 1.54) is 18.2 Å². The first kappa shape index (κ1) is 14.4. The summed E-state index contributed by atoms with van der Waals surface area (Å²) in [6.45, 7) is 0.952. The highest BCUT2D eigenvalue weighted by Gasteiger charge is 2.20. The third-order valence-electron chi connectivity index (χ3n) is 3.34. The summed E-state index contributed by atoms with van der Waals surface area (Å²) in [5, 5.41) is 0. The minimum atomic E-state index is -0.179. The van der Waals surface area contributed by atoms with Gasteiger partial charge in [-0.3, -0.25) is 4.90 Å². The summed E-state index contributed by atoms with van der Waals surface area (Å²) < 4.78 is 14.0. The van der Waals surface area contributed by atoms with Gasteiger partial charge in [0.25, 0.3) is 0 Å². The van der Waals surface area contributed by atoms with Gasteiger partial charge in [-0.2, -0.15) is 11.8 Å². The maximum Gasteiger partial charge on any atom is 0.128 e. The molecule has 0 bridgehead atoms. The van der Waals surface area contributed by atoms with Crippen LogP contribution in [0, 0.1) is 17.7 Å². The van der Waals surface area contributed by atoms with E-state index in [-0.39, 0.29) is 5.82 Å². The van der Waals surface area contributed by atoms with Crippen molar-refractivity contribution < 1.29 is 4.39 Å². The average molecular weight is 278 g/mol. The molecular formula is C15H19FN2S. The maximum absolute atomic E-state index is 14.0. The van der Waals surface area contributed by atoms with Gasteiger partial charge in [0.05, 0.1) is 6.54 Å². The van der Waals surface area contributed by atoms with Crippen molar-refractivity contribution in [1.82, 2.24) is 4.90 Å². The standard InChI is InChI=1S/C15H19FN2S/c1-18(14-6-8-19-11-14)10-13-5-4-12(3-2-7-17)9-15(13)16/h4-5,9,14H,6-8,10-11,17H2,1H3. The molecule has 2 N–H and O–H groups in total. The van der Waals surface area contributed by atoms with Gasteiger partial charge in [0.15, 0.2) is 0 Å². The van der Waals surface area contributed by atoms with Gasteiger partial charge in [0.1, 0.15) is 5.82 Å². The molecule has 1 unspecified atom stereocenters. The SMILES string of the molecule is CN(Cc1ccc(C#CCN)cc1F)C1CCSC1. The van der Waals surface area contributed by atoms with E-state index in [2.05, 4.69) is 23.8 Å². The Morgan fingerprint density at radius 1 is 1.53 bits per heavy atom. The van der Waals surface area contributed by atoms with Crippen LogP contribution in [0.25, 0.3) is 0 Å². The van der Waals surface area contributed by atoms with E-state index in [0.29, 0.717) is 24.7 Å². The smallest absolute Gasteiger partial charge is 0.128 e. The van der Waals surface area contributed by atoms with E-state index in [1.54, 1.807) is 0 Å². The molecule has 102 valence electrons. The zero-order valence-electron chi connectivity index (χ0n) is 11.2. The van der Waals surface area contributed by atoms with E-state index >= 15 is 0 Å². The fourth-order valence-electron chi connectivity index (χ4n) is 2.17. The molecule has 0 saturated carbocycles. The van der Waals surface area contributed by atoms with Crippen LogP contribution in [0.1, 0.15) is 17.5 Å². The second-order valence-electron chi connectivity index (χ2n) is 4.74. The monoisotopic (exact) mass is 278 g/mol. The Bertz CT molecular complexity index is 487. The van der Waals surface area contributed by atoms with E-state index in [9.17, 15) is 4.39 Å². The number of rotatable bonds is 3. The third-order valence-corrected chi connectivity index (χ3v) is 4.48. The van der Waals surface area contributed by atoms with Crippen molar-refractivity contribution in [3.8, 4) is 11.8 Å². The molecule has 1 saturated heterocycles. The molecule has 0 aromatic heterocycles. The highest BCUT2D eigenvalue weighted by atomic mass is 32.2. The van der Waals surface area contributed by atoms with Crippen molar-refractivity contribution in [1.29, 1.82) is 0 Å². The summed E-state index contributed by atoms with van der Waals surface area (Å²) in [4.78, 5) is 2.24. The van der Waals surface area contributed by atoms with Gasteiger partial charge in [-0.15, -0.1) is 0 Å². The number of nitrogens with two attached hydrogens (primary N) is 1. The minimum Gasteiger partial charge on any atom is -0.320 e. The molecule has 0 aliphatic carbocycles. The molecule has 1 fully saturated rings. The van der Waals surface area contributed by atoms with E-state index < -0.39 is 0 Å². The van der Waals surface area contributed by atoms with E-state index in [1.807, 2.05) is 23.9 Å². The predicted molar refractivity (Wildman–Crippen MR) is 79.5 cm³/mol. The molecule has 0 radical (unpaired) electrons. The first-order valence-electron chi connectivity index (χ1n) is 6.46. The number of benzene rings is 1. The summed E-state index contributed by atoms with van der Waals surface area (Å²) in [7, 11) is 2.07. The number of nitrogens with zero attached hydrogens (tertiary/aromatic N) is 1. The highest BCUT2D eigenvalue weighted by molar-refractivity contribution is 7.99. The Balaban J connectivity index is 2.04. The Hall–Kier alpha value is -1.02. The maximum atomic E-state index is 14.0. The Kier molecular flexibility index (Phi) is 5.26. The molecule has 2 rings (SSSR count). The first-order valence-corrected chi connectivity index (χ1v) is 7.61. The predicted octanol–water partition coefficient (Wildman–Crippen LogP) is 2.07. The Morgan fingerprint density at radius 2 is 2.37 bits per heavy atom. The third kappa shape index (κ3) is 3.97. The van der Waals surface area contributed by atoms with Crippen LogP contribution >= 0.6 is 11.8 Å². The fraction of sp³-hybridized carbons (Fsp3) is 0.467. The molecule has 1 aromatic carbocycles. The molecule has 1 heterocycles. The normalized spacial score (nSPS) is 18.4. The quantitative estimate of drug-likeness (QED) is 0.858. The molecule has 19 heavy (non-hydrogen) atoms. The van der Waals surface area contributed by atoms with Gasteiger partial charge in [0.2, 0.25) is 0 Å². The second-order valence-corrected chi connectivity index (χ2v) is 5.89. The lowest BCUT2D eigenvalue weighted by molar-refractivity contribution is 0.251. The molecule has 1 aromatic rings. The van der Waals surface area contributed by atoms with Gasteiger partial charge in [0, 0.05) is 29.5 Å². The van der Waals surface area contributed by atoms with Gasteiger partial charge >= 0.3 is 0 Å². The van der Waals surface area contributed by atoms with Crippen molar-refractivity contribution in [2.24, 2.45) is 5.73 Å². The van der Waals surface area contributed by atoms with Crippen LogP contribution in [0.5, 0.6) is 0 Å². The van der Waals surface area contributed by atoms with Crippen LogP contribution in [0.3, 0.4) is 0 Å². The summed E-state index contributed by atoms with van der Waals surface area (Å²) in [5.74, 6) is 7.77. The molecule has 0 amide bonds. The van der Waals surface area contributed by atoms with Gasteiger partial charge in [-0.05, 0) is 31.4 Å². The van der Waals surface area contributed by atoms with Crippen LogP contribution in [0.2, 0.25) is 0 Å². The van der Waals surface area contributed by atoms with Crippen molar-refractivity contribution in [2.45, 2.75) is 19.0 Å². The van der Waals surface area contributed by atoms with Gasteiger partial charge < -0.3 is 5.73 Å². The molecule has 4 heteroatoms. The van der Waals surface area contributed by atoms with Crippen LogP contribution in [0.15, 0.2) is 18.2 Å². The minimum absolute atomic E-state index is 0.179. The molecule has 2 nitrogen and oxygen atoms in total. The van der Waals surface area contributed by atoms with Gasteiger partial charge in [-0.1, -0.05) is 17.9 Å². The van der Waals surface area contributed by atoms with E-state index in [4.69, 9.17) is 5.73 Å². The van der Waals surface area contributed by atoms with Crippen LogP contribution < -0.4 is 5.73 Å².